The van der Waals surface area contributed by atoms with Crippen molar-refractivity contribution in [1.82, 2.24) is 19.1 Å². The zero-order chi connectivity index (χ0) is 22.0. The van der Waals surface area contributed by atoms with Crippen LogP contribution in [0.1, 0.15) is 60.7 Å². The molecule has 4 saturated heterocycles. The van der Waals surface area contributed by atoms with Crippen molar-refractivity contribution in [1.29, 1.82) is 0 Å². The van der Waals surface area contributed by atoms with Crippen molar-refractivity contribution in [3.8, 4) is 0 Å². The molecule has 1 amide bonds. The third-order valence-electron chi connectivity index (χ3n) is 8.15. The van der Waals surface area contributed by atoms with Gasteiger partial charge in [-0.1, -0.05) is 5.16 Å². The lowest BCUT2D eigenvalue weighted by Crippen LogP contribution is -2.55. The molecule has 2 bridgehead atoms. The van der Waals surface area contributed by atoms with Crippen LogP contribution in [0.3, 0.4) is 0 Å². The summed E-state index contributed by atoms with van der Waals surface area (Å²) in [4.78, 5) is 12.7. The molecular formula is C21H31N5O5S. The van der Waals surface area contributed by atoms with E-state index in [9.17, 15) is 13.2 Å². The Morgan fingerprint density at radius 1 is 1.09 bits per heavy atom. The van der Waals surface area contributed by atoms with Gasteiger partial charge in [0.05, 0.1) is 19.1 Å². The van der Waals surface area contributed by atoms with Crippen LogP contribution < -0.4 is 11.1 Å². The Labute approximate surface area is 188 Å². The fraction of sp³-hybridized carbons (Fsp3) is 0.810. The molecule has 1 saturated carbocycles. The zero-order valence-corrected chi connectivity index (χ0v) is 18.9. The number of hydrogen-bond acceptors (Lipinski definition) is 7. The third kappa shape index (κ3) is 3.49. The van der Waals surface area contributed by atoms with Gasteiger partial charge in [-0.15, -0.1) is 0 Å². The Morgan fingerprint density at radius 3 is 2.34 bits per heavy atom. The molecular weight excluding hydrogens is 434 g/mol. The first-order valence-electron chi connectivity index (χ1n) is 11.8. The van der Waals surface area contributed by atoms with Crippen LogP contribution in [-0.4, -0.2) is 78.6 Å². The number of fused-ring (bicyclic) bond motifs is 3. The Bertz CT molecular complexity index is 966. The Balaban J connectivity index is 1.09. The van der Waals surface area contributed by atoms with Gasteiger partial charge in [0.2, 0.25) is 0 Å². The number of ether oxygens (including phenoxy) is 1. The third-order valence-corrected chi connectivity index (χ3v) is 10.2. The Kier molecular flexibility index (Phi) is 5.10. The van der Waals surface area contributed by atoms with Crippen LogP contribution in [0, 0.1) is 11.8 Å². The minimum absolute atomic E-state index is 0.0606. The van der Waals surface area contributed by atoms with Crippen LogP contribution in [0.5, 0.6) is 0 Å². The highest BCUT2D eigenvalue weighted by atomic mass is 32.2. The highest BCUT2D eigenvalue weighted by Gasteiger charge is 2.52. The second-order valence-corrected chi connectivity index (χ2v) is 12.1. The van der Waals surface area contributed by atoms with E-state index in [0.717, 1.165) is 25.7 Å². The number of aromatic nitrogens is 1. The van der Waals surface area contributed by atoms with Crippen LogP contribution in [0.25, 0.3) is 0 Å². The molecule has 3 N–H and O–H groups in total. The van der Waals surface area contributed by atoms with Crippen molar-refractivity contribution in [2.24, 2.45) is 17.6 Å². The summed E-state index contributed by atoms with van der Waals surface area (Å²) >= 11 is 0. The van der Waals surface area contributed by atoms with E-state index in [-0.39, 0.29) is 41.7 Å². The first-order chi connectivity index (χ1) is 15.4. The van der Waals surface area contributed by atoms with E-state index in [1.807, 2.05) is 0 Å². The van der Waals surface area contributed by atoms with E-state index in [4.69, 9.17) is 15.0 Å². The van der Waals surface area contributed by atoms with Crippen LogP contribution in [0.2, 0.25) is 0 Å². The van der Waals surface area contributed by atoms with Gasteiger partial charge in [-0.25, -0.2) is 0 Å². The number of amides is 1. The van der Waals surface area contributed by atoms with E-state index in [0.29, 0.717) is 56.7 Å². The number of nitrogens with zero attached hydrogens (tertiary/aromatic N) is 3. The predicted octanol–water partition coefficient (Wildman–Crippen LogP) is 0.428. The van der Waals surface area contributed by atoms with Crippen molar-refractivity contribution in [2.75, 3.05) is 26.3 Å². The summed E-state index contributed by atoms with van der Waals surface area (Å²) in [5.74, 6) is 1.39. The lowest BCUT2D eigenvalue weighted by Gasteiger charge is -2.40. The molecule has 176 valence electrons. The summed E-state index contributed by atoms with van der Waals surface area (Å²) in [5, 5.41) is 6.97. The van der Waals surface area contributed by atoms with Crippen molar-refractivity contribution in [3.05, 3.63) is 17.5 Å². The quantitative estimate of drug-likeness (QED) is 0.645. The van der Waals surface area contributed by atoms with Gasteiger partial charge in [0.15, 0.2) is 5.69 Å². The maximum absolute atomic E-state index is 13.5. The second-order valence-electron chi connectivity index (χ2n) is 10.3. The number of nitrogens with one attached hydrogen (secondary N) is 1. The fourth-order valence-electron chi connectivity index (χ4n) is 6.50. The molecule has 5 fully saturated rings. The first-order valence-corrected chi connectivity index (χ1v) is 13.2. The molecule has 5 aliphatic rings. The number of hydrogen-bond donors (Lipinski definition) is 2. The topological polar surface area (TPSA) is 131 Å². The lowest BCUT2D eigenvalue weighted by atomic mass is 9.99. The first kappa shape index (κ1) is 21.0. The molecule has 0 aromatic carbocycles. The Hall–Kier alpha value is -1.53. The van der Waals surface area contributed by atoms with E-state index in [2.05, 4.69) is 10.5 Å². The average Bonchev–Trinajstić information content (AvgIpc) is 3.43. The minimum Gasteiger partial charge on any atom is -0.380 e. The van der Waals surface area contributed by atoms with Crippen molar-refractivity contribution in [3.63, 3.8) is 0 Å². The lowest BCUT2D eigenvalue weighted by molar-refractivity contribution is -0.00228. The second kappa shape index (κ2) is 7.76. The predicted molar refractivity (Wildman–Crippen MR) is 114 cm³/mol. The fourth-order valence-corrected chi connectivity index (χ4v) is 8.66. The molecule has 1 aromatic heterocycles. The highest BCUT2D eigenvalue weighted by Crippen LogP contribution is 2.43. The summed E-state index contributed by atoms with van der Waals surface area (Å²) in [6.07, 6.45) is 4.81. The largest absolute Gasteiger partial charge is 0.380 e. The maximum Gasteiger partial charge on any atom is 0.282 e. The monoisotopic (exact) mass is 465 g/mol. The standard InChI is InChI=1S/C21H31N5O5S/c22-15-3-12-8-25(9-13(12)4-15)32(28,29)26-17-1-2-18(26)6-16(5-17)23-21(27)19-7-20(31-24-19)14-10-30-11-14/h7,12-18H,1-6,8-11,22H2,(H,23,27)/t12-,13+,15?,16?,17?,18?. The number of carbonyl (C=O) groups is 1. The maximum atomic E-state index is 13.5. The zero-order valence-electron chi connectivity index (χ0n) is 18.1. The van der Waals surface area contributed by atoms with E-state index in [1.54, 1.807) is 14.7 Å². The van der Waals surface area contributed by atoms with Gasteiger partial charge in [-0.2, -0.15) is 17.0 Å². The van der Waals surface area contributed by atoms with Gasteiger partial charge >= 0.3 is 0 Å². The number of carbonyl (C=O) groups excluding carboxylic acids is 1. The number of piperidine rings is 1. The molecule has 5 atom stereocenters. The molecule has 4 aliphatic heterocycles. The van der Waals surface area contributed by atoms with Gasteiger partial charge in [-0.05, 0) is 50.4 Å². The summed E-state index contributed by atoms with van der Waals surface area (Å²) in [7, 11) is -3.49. The van der Waals surface area contributed by atoms with Gasteiger partial charge in [0, 0.05) is 43.3 Å². The smallest absolute Gasteiger partial charge is 0.282 e. The summed E-state index contributed by atoms with van der Waals surface area (Å²) < 4.78 is 40.9. The van der Waals surface area contributed by atoms with Gasteiger partial charge in [-0.3, -0.25) is 4.79 Å². The van der Waals surface area contributed by atoms with Crippen molar-refractivity contribution < 1.29 is 22.5 Å². The normalized spacial score (nSPS) is 38.0. The minimum atomic E-state index is -3.49. The van der Waals surface area contributed by atoms with Crippen LogP contribution in [0.15, 0.2) is 10.6 Å². The molecule has 0 spiro atoms. The van der Waals surface area contributed by atoms with E-state index in [1.165, 1.54) is 0 Å². The number of rotatable bonds is 5. The van der Waals surface area contributed by atoms with Crippen molar-refractivity contribution >= 4 is 16.1 Å². The molecule has 1 aromatic rings. The summed E-state index contributed by atoms with van der Waals surface area (Å²) in [6.45, 7) is 2.38. The molecule has 11 heteroatoms. The van der Waals surface area contributed by atoms with Gasteiger partial charge < -0.3 is 20.3 Å². The van der Waals surface area contributed by atoms with Crippen molar-refractivity contribution in [2.45, 2.75) is 68.6 Å². The molecule has 5 heterocycles. The molecule has 10 nitrogen and oxygen atoms in total. The van der Waals surface area contributed by atoms with E-state index < -0.39 is 10.2 Å². The highest BCUT2D eigenvalue weighted by molar-refractivity contribution is 7.86. The molecule has 6 rings (SSSR count). The number of nitrogens with two attached hydrogens (primary N) is 1. The van der Waals surface area contributed by atoms with Crippen LogP contribution in [-0.2, 0) is 14.9 Å². The molecule has 1 aliphatic carbocycles. The SMILES string of the molecule is NC1C[C@@H]2CN(S(=O)(=O)N3C4CCC3CC(NC(=O)c3cc(C5COC5)on3)C4)C[C@@H]2C1. The molecule has 3 unspecified atom stereocenters. The molecule has 0 radical (unpaired) electrons. The van der Waals surface area contributed by atoms with Gasteiger partial charge in [0.1, 0.15) is 5.76 Å². The summed E-state index contributed by atoms with van der Waals surface area (Å²) in [6, 6.07) is 1.72. The van der Waals surface area contributed by atoms with Crippen LogP contribution in [0.4, 0.5) is 0 Å². The molecule has 32 heavy (non-hydrogen) atoms. The van der Waals surface area contributed by atoms with Gasteiger partial charge in [0.25, 0.3) is 16.1 Å². The average molecular weight is 466 g/mol. The Morgan fingerprint density at radius 2 is 1.75 bits per heavy atom. The van der Waals surface area contributed by atoms with E-state index >= 15 is 0 Å². The summed E-state index contributed by atoms with van der Waals surface area (Å²) in [5.41, 5.74) is 6.34. The van der Waals surface area contributed by atoms with Crippen LogP contribution >= 0.6 is 0 Å².